The summed E-state index contributed by atoms with van der Waals surface area (Å²) in [7, 11) is 0. The summed E-state index contributed by atoms with van der Waals surface area (Å²) in [5, 5.41) is 4.44. The quantitative estimate of drug-likeness (QED) is 0.623. The van der Waals surface area contributed by atoms with E-state index in [1.807, 2.05) is 49.4 Å². The fourth-order valence-electron chi connectivity index (χ4n) is 2.75. The second-order valence-corrected chi connectivity index (χ2v) is 5.79. The molecule has 2 aromatic carbocycles. The van der Waals surface area contributed by atoms with Crippen LogP contribution in [-0.4, -0.2) is 16.5 Å². The highest BCUT2D eigenvalue weighted by Gasteiger charge is 2.11. The summed E-state index contributed by atoms with van der Waals surface area (Å²) < 4.78 is 0. The molecule has 3 rings (SSSR count). The van der Waals surface area contributed by atoms with Crippen LogP contribution in [0.4, 0.5) is 5.82 Å². The Bertz CT molecular complexity index is 940. The minimum absolute atomic E-state index is 0.610. The first-order valence-electron chi connectivity index (χ1n) is 8.22. The summed E-state index contributed by atoms with van der Waals surface area (Å²) in [6.45, 7) is 10.2. The molecule has 0 spiro atoms. The van der Waals surface area contributed by atoms with E-state index in [1.54, 1.807) is 6.08 Å². The van der Waals surface area contributed by atoms with Crippen LogP contribution in [0, 0.1) is 6.92 Å². The number of aryl methyl sites for hydroxylation is 1. The normalized spacial score (nSPS) is 10.9. The van der Waals surface area contributed by atoms with Crippen molar-refractivity contribution in [3.8, 4) is 11.1 Å². The van der Waals surface area contributed by atoms with Gasteiger partial charge in [0.15, 0.2) is 0 Å². The third-order valence-electron chi connectivity index (χ3n) is 3.87. The van der Waals surface area contributed by atoms with Crippen LogP contribution in [0.15, 0.2) is 85.5 Å². The molecular weight excluding hydrogens is 306 g/mol. The molecule has 3 nitrogen and oxygen atoms in total. The Balaban J connectivity index is 2.06. The molecule has 25 heavy (non-hydrogen) atoms. The van der Waals surface area contributed by atoms with Crippen LogP contribution in [0.2, 0.25) is 0 Å². The van der Waals surface area contributed by atoms with Crippen molar-refractivity contribution in [2.45, 2.75) is 6.92 Å². The summed E-state index contributed by atoms with van der Waals surface area (Å²) in [5.41, 5.74) is 4.16. The maximum Gasteiger partial charge on any atom is 0.138 e. The Morgan fingerprint density at radius 2 is 1.88 bits per heavy atom. The van der Waals surface area contributed by atoms with Gasteiger partial charge in [-0.15, -0.1) is 0 Å². The van der Waals surface area contributed by atoms with E-state index in [-0.39, 0.29) is 0 Å². The lowest BCUT2D eigenvalue weighted by Crippen LogP contribution is -2.07. The third kappa shape index (κ3) is 3.83. The maximum atomic E-state index is 4.63. The SMILES string of the molecule is C=CC=CC(=C)CNc1nc(C)nc2cccc(-c3ccccc3)c12. The molecule has 0 saturated carbocycles. The number of fused-ring (bicyclic) bond motifs is 1. The van der Waals surface area contributed by atoms with Gasteiger partial charge in [-0.1, -0.05) is 73.9 Å². The van der Waals surface area contributed by atoms with Crippen LogP contribution in [0.1, 0.15) is 5.82 Å². The first kappa shape index (κ1) is 16.7. The highest BCUT2D eigenvalue weighted by atomic mass is 15.0. The van der Waals surface area contributed by atoms with Gasteiger partial charge < -0.3 is 5.32 Å². The molecule has 0 atom stereocenters. The van der Waals surface area contributed by atoms with Gasteiger partial charge in [0, 0.05) is 6.54 Å². The summed E-state index contributed by atoms with van der Waals surface area (Å²) >= 11 is 0. The van der Waals surface area contributed by atoms with Crippen LogP contribution in [0.3, 0.4) is 0 Å². The van der Waals surface area contributed by atoms with Gasteiger partial charge in [0.1, 0.15) is 11.6 Å². The molecular formula is C22H21N3. The average Bonchev–Trinajstić information content (AvgIpc) is 2.64. The fraction of sp³-hybridized carbons (Fsp3) is 0.0909. The van der Waals surface area contributed by atoms with Crippen molar-refractivity contribution >= 4 is 16.7 Å². The molecule has 0 saturated heterocycles. The van der Waals surface area contributed by atoms with Gasteiger partial charge in [0.2, 0.25) is 0 Å². The van der Waals surface area contributed by atoms with Crippen molar-refractivity contribution in [1.82, 2.24) is 9.97 Å². The Morgan fingerprint density at radius 1 is 1.08 bits per heavy atom. The second kappa shape index (κ2) is 7.58. The molecule has 1 heterocycles. The van der Waals surface area contributed by atoms with E-state index in [1.165, 1.54) is 0 Å². The smallest absolute Gasteiger partial charge is 0.138 e. The zero-order chi connectivity index (χ0) is 17.6. The number of hydrogen-bond acceptors (Lipinski definition) is 3. The number of nitrogens with zero attached hydrogens (tertiary/aromatic N) is 2. The highest BCUT2D eigenvalue weighted by Crippen LogP contribution is 2.32. The highest BCUT2D eigenvalue weighted by molar-refractivity contribution is 6.01. The molecule has 3 aromatic rings. The number of aromatic nitrogens is 2. The number of anilines is 1. The fourth-order valence-corrected chi connectivity index (χ4v) is 2.75. The van der Waals surface area contributed by atoms with Crippen LogP contribution < -0.4 is 5.32 Å². The van der Waals surface area contributed by atoms with E-state index in [0.29, 0.717) is 6.54 Å². The van der Waals surface area contributed by atoms with Gasteiger partial charge in [-0.3, -0.25) is 0 Å². The van der Waals surface area contributed by atoms with Crippen molar-refractivity contribution in [3.05, 3.63) is 91.3 Å². The average molecular weight is 327 g/mol. The minimum atomic E-state index is 0.610. The second-order valence-electron chi connectivity index (χ2n) is 5.79. The van der Waals surface area contributed by atoms with Gasteiger partial charge in [-0.05, 0) is 29.7 Å². The van der Waals surface area contributed by atoms with Crippen molar-refractivity contribution < 1.29 is 0 Å². The maximum absolute atomic E-state index is 4.63. The Kier molecular flexibility index (Phi) is 5.05. The standard InChI is InChI=1S/C22H21N3/c1-4-5-10-16(2)15-23-22-21-19(18-11-7-6-8-12-18)13-9-14-20(21)24-17(3)25-22/h4-14H,1-2,15H2,3H3,(H,23,24,25). The molecule has 1 aromatic heterocycles. The van der Waals surface area contributed by atoms with E-state index in [9.17, 15) is 0 Å². The van der Waals surface area contributed by atoms with E-state index in [0.717, 1.165) is 39.2 Å². The molecule has 0 unspecified atom stereocenters. The summed E-state index contributed by atoms with van der Waals surface area (Å²) in [6.07, 6.45) is 5.56. The molecule has 124 valence electrons. The number of allylic oxidation sites excluding steroid dienone is 2. The van der Waals surface area contributed by atoms with Crippen LogP contribution in [0.25, 0.3) is 22.0 Å². The third-order valence-corrected chi connectivity index (χ3v) is 3.87. The molecule has 0 fully saturated rings. The van der Waals surface area contributed by atoms with E-state index >= 15 is 0 Å². The first-order chi connectivity index (χ1) is 12.2. The lowest BCUT2D eigenvalue weighted by atomic mass is 10.0. The minimum Gasteiger partial charge on any atom is -0.365 e. The Morgan fingerprint density at radius 3 is 2.64 bits per heavy atom. The molecule has 0 aliphatic heterocycles. The Hall–Kier alpha value is -3.20. The van der Waals surface area contributed by atoms with Crippen molar-refractivity contribution in [3.63, 3.8) is 0 Å². The van der Waals surface area contributed by atoms with Crippen molar-refractivity contribution in [2.24, 2.45) is 0 Å². The number of hydrogen-bond donors (Lipinski definition) is 1. The van der Waals surface area contributed by atoms with E-state index in [2.05, 4.69) is 46.6 Å². The van der Waals surface area contributed by atoms with E-state index < -0.39 is 0 Å². The molecule has 0 aliphatic carbocycles. The lowest BCUT2D eigenvalue weighted by molar-refractivity contribution is 1.08. The topological polar surface area (TPSA) is 37.8 Å². The van der Waals surface area contributed by atoms with Gasteiger partial charge in [-0.25, -0.2) is 9.97 Å². The van der Waals surface area contributed by atoms with Crippen molar-refractivity contribution in [1.29, 1.82) is 0 Å². The molecule has 0 bridgehead atoms. The van der Waals surface area contributed by atoms with Crippen LogP contribution in [-0.2, 0) is 0 Å². The number of benzene rings is 2. The van der Waals surface area contributed by atoms with E-state index in [4.69, 9.17) is 0 Å². The molecule has 3 heteroatoms. The zero-order valence-corrected chi connectivity index (χ0v) is 14.4. The number of nitrogens with one attached hydrogen (secondary N) is 1. The number of rotatable bonds is 6. The molecule has 1 N–H and O–H groups in total. The molecule has 0 aliphatic rings. The first-order valence-corrected chi connectivity index (χ1v) is 8.22. The van der Waals surface area contributed by atoms with Gasteiger partial charge >= 0.3 is 0 Å². The van der Waals surface area contributed by atoms with Gasteiger partial charge in [0.05, 0.1) is 10.9 Å². The molecule has 0 amide bonds. The predicted octanol–water partition coefficient (Wildman–Crippen LogP) is 5.32. The van der Waals surface area contributed by atoms with Gasteiger partial charge in [-0.2, -0.15) is 0 Å². The monoisotopic (exact) mass is 327 g/mol. The summed E-state index contributed by atoms with van der Waals surface area (Å²) in [5.74, 6) is 1.57. The van der Waals surface area contributed by atoms with Crippen molar-refractivity contribution in [2.75, 3.05) is 11.9 Å². The summed E-state index contributed by atoms with van der Waals surface area (Å²) in [4.78, 5) is 9.23. The largest absolute Gasteiger partial charge is 0.365 e. The lowest BCUT2D eigenvalue weighted by Gasteiger charge is -2.13. The molecule has 0 radical (unpaired) electrons. The van der Waals surface area contributed by atoms with Gasteiger partial charge in [0.25, 0.3) is 0 Å². The van der Waals surface area contributed by atoms with Crippen LogP contribution in [0.5, 0.6) is 0 Å². The Labute approximate surface area is 148 Å². The van der Waals surface area contributed by atoms with Crippen LogP contribution >= 0.6 is 0 Å². The summed E-state index contributed by atoms with van der Waals surface area (Å²) in [6, 6.07) is 16.5. The predicted molar refractivity (Wildman–Crippen MR) is 107 cm³/mol. The zero-order valence-electron chi connectivity index (χ0n) is 14.4.